The zero-order chi connectivity index (χ0) is 27.9. The number of aromatic nitrogens is 2. The Hall–Kier alpha value is -2.44. The van der Waals surface area contributed by atoms with E-state index >= 15 is 0 Å². The van der Waals surface area contributed by atoms with E-state index in [9.17, 15) is 14.7 Å². The Kier molecular flexibility index (Phi) is 6.20. The second-order valence-corrected chi connectivity index (χ2v) is 13.7. The van der Waals surface area contributed by atoms with Gasteiger partial charge in [-0.3, -0.25) is 9.59 Å². The molecule has 1 N–H and O–H groups in total. The van der Waals surface area contributed by atoms with E-state index in [2.05, 4.69) is 39.0 Å². The van der Waals surface area contributed by atoms with Gasteiger partial charge < -0.3 is 9.84 Å². The molecule has 1 aromatic heterocycles. The van der Waals surface area contributed by atoms with Crippen LogP contribution >= 0.6 is 11.6 Å². The van der Waals surface area contributed by atoms with Gasteiger partial charge in [-0.05, 0) is 84.5 Å². The summed E-state index contributed by atoms with van der Waals surface area (Å²) in [6.07, 6.45) is 7.56. The van der Waals surface area contributed by atoms with Crippen LogP contribution in [0.15, 0.2) is 42.1 Å². The van der Waals surface area contributed by atoms with Crippen LogP contribution in [0.3, 0.4) is 0 Å². The second-order valence-electron chi connectivity index (χ2n) is 13.2. The summed E-state index contributed by atoms with van der Waals surface area (Å²) in [4.78, 5) is 24.9. The van der Waals surface area contributed by atoms with Crippen molar-refractivity contribution < 1.29 is 19.4 Å². The van der Waals surface area contributed by atoms with Crippen molar-refractivity contribution in [3.63, 3.8) is 0 Å². The Morgan fingerprint density at radius 1 is 1.18 bits per heavy atom. The first kappa shape index (κ1) is 26.8. The number of nitrogens with zero attached hydrogens (tertiary/aromatic N) is 2. The number of esters is 1. The minimum absolute atomic E-state index is 0.126. The highest BCUT2D eigenvalue weighted by molar-refractivity contribution is 6.21. The maximum absolute atomic E-state index is 13.4. The van der Waals surface area contributed by atoms with E-state index in [1.807, 2.05) is 36.0 Å². The van der Waals surface area contributed by atoms with E-state index in [0.29, 0.717) is 12.3 Å². The van der Waals surface area contributed by atoms with E-state index in [-0.39, 0.29) is 34.5 Å². The van der Waals surface area contributed by atoms with Gasteiger partial charge in [-0.2, -0.15) is 5.10 Å². The van der Waals surface area contributed by atoms with Crippen molar-refractivity contribution in [2.24, 2.45) is 40.4 Å². The SMILES string of the molecule is CC(=O)OCC(=O)[C@@]1(O)[C@H](C)C[C@H]2[C@@H]3CC(C)C4=Cc5c(cnn5-c5ccccc5)C[C@]4(C)[C@H]3[C@@H](Cl)C[C@@]21C. The van der Waals surface area contributed by atoms with E-state index in [4.69, 9.17) is 21.4 Å². The maximum Gasteiger partial charge on any atom is 0.303 e. The normalized spacial score (nSPS) is 40.5. The minimum Gasteiger partial charge on any atom is -0.458 e. The van der Waals surface area contributed by atoms with Crippen molar-refractivity contribution in [1.82, 2.24) is 9.78 Å². The number of aliphatic hydroxyl groups is 1. The van der Waals surface area contributed by atoms with Crippen LogP contribution in [-0.4, -0.2) is 44.2 Å². The fraction of sp³-hybridized carbons (Fsp3) is 0.594. The summed E-state index contributed by atoms with van der Waals surface area (Å²) in [5.41, 5.74) is 2.53. The highest BCUT2D eigenvalue weighted by atomic mass is 35.5. The highest BCUT2D eigenvalue weighted by Gasteiger charge is 2.71. The highest BCUT2D eigenvalue weighted by Crippen LogP contribution is 2.70. The van der Waals surface area contributed by atoms with E-state index in [1.54, 1.807) is 0 Å². The zero-order valence-corrected chi connectivity index (χ0v) is 24.2. The zero-order valence-electron chi connectivity index (χ0n) is 23.5. The second kappa shape index (κ2) is 9.04. The number of hydrogen-bond donors (Lipinski definition) is 1. The number of carbonyl (C=O) groups is 2. The number of ether oxygens (including phenoxy) is 1. The Morgan fingerprint density at radius 2 is 1.90 bits per heavy atom. The molecule has 0 bridgehead atoms. The summed E-state index contributed by atoms with van der Waals surface area (Å²) in [5.74, 6) is -0.135. The van der Waals surface area contributed by atoms with Crippen molar-refractivity contribution in [2.45, 2.75) is 71.3 Å². The van der Waals surface area contributed by atoms with Gasteiger partial charge in [-0.25, -0.2) is 4.68 Å². The molecule has 4 aliphatic carbocycles. The van der Waals surface area contributed by atoms with Crippen molar-refractivity contribution in [3.8, 4) is 5.69 Å². The molecule has 39 heavy (non-hydrogen) atoms. The van der Waals surface area contributed by atoms with Gasteiger partial charge >= 0.3 is 5.97 Å². The van der Waals surface area contributed by atoms with Gasteiger partial charge in [-0.15, -0.1) is 11.6 Å². The number of ketones is 1. The number of carbonyl (C=O) groups excluding carboxylic acids is 2. The Balaban J connectivity index is 1.37. The smallest absolute Gasteiger partial charge is 0.303 e. The van der Waals surface area contributed by atoms with E-state index in [0.717, 1.165) is 30.6 Å². The average molecular weight is 551 g/mol. The molecule has 0 spiro atoms. The van der Waals surface area contributed by atoms with E-state index in [1.165, 1.54) is 18.1 Å². The van der Waals surface area contributed by atoms with Crippen molar-refractivity contribution in [2.75, 3.05) is 6.61 Å². The maximum atomic E-state index is 13.4. The molecule has 4 aliphatic rings. The molecular weight excluding hydrogens is 512 g/mol. The fourth-order valence-corrected chi connectivity index (χ4v) is 10.3. The number of fused-ring (bicyclic) bond motifs is 6. The number of para-hydroxylation sites is 1. The largest absolute Gasteiger partial charge is 0.458 e. The number of rotatable bonds is 4. The third-order valence-corrected chi connectivity index (χ3v) is 11.5. The number of Topliss-reactive ketones (excluding diaryl/α,β-unsaturated/α-hetero) is 1. The van der Waals surface area contributed by atoms with Crippen LogP contribution in [-0.2, 0) is 20.7 Å². The van der Waals surface area contributed by atoms with Gasteiger partial charge in [0.05, 0.1) is 17.6 Å². The lowest BCUT2D eigenvalue weighted by molar-refractivity contribution is -0.174. The standard InChI is InChI=1S/C32H39ClN2O4/c1-18-11-23-25-12-19(2)32(38,28(37)17-39-20(3)36)31(25,5)15-26(33)29(23)30(4)14-21-16-34-35(27(21)13-24(18)30)22-9-7-6-8-10-22/h6-10,13,16,18-19,23,25-26,29,38H,11-12,14-15,17H2,1-5H3/t18?,19-,23+,25+,26+,29-,30+,31+,32+/m1/s1. The first-order chi connectivity index (χ1) is 18.4. The minimum atomic E-state index is -1.57. The Bertz CT molecular complexity index is 1350. The fourth-order valence-electron chi connectivity index (χ4n) is 9.53. The molecule has 0 aliphatic heterocycles. The molecule has 6 nitrogen and oxygen atoms in total. The summed E-state index contributed by atoms with van der Waals surface area (Å²) in [6.45, 7) is 9.61. The van der Waals surface area contributed by atoms with Gasteiger partial charge in [0.25, 0.3) is 0 Å². The molecule has 3 fully saturated rings. The molecule has 6 rings (SSSR count). The van der Waals surface area contributed by atoms with Gasteiger partial charge in [0, 0.05) is 17.7 Å². The Morgan fingerprint density at radius 3 is 2.59 bits per heavy atom. The third kappa shape index (κ3) is 3.66. The quantitative estimate of drug-likeness (QED) is 0.394. The Labute approximate surface area is 235 Å². The van der Waals surface area contributed by atoms with Crippen LogP contribution in [0.25, 0.3) is 11.8 Å². The number of hydrogen-bond acceptors (Lipinski definition) is 5. The first-order valence-corrected chi connectivity index (χ1v) is 14.7. The number of allylic oxidation sites excluding steroid dienone is 1. The topological polar surface area (TPSA) is 81.4 Å². The van der Waals surface area contributed by atoms with Gasteiger partial charge in [0.15, 0.2) is 6.61 Å². The molecule has 0 amide bonds. The molecular formula is C32H39ClN2O4. The van der Waals surface area contributed by atoms with Crippen molar-refractivity contribution >= 4 is 29.4 Å². The molecule has 7 heteroatoms. The van der Waals surface area contributed by atoms with Crippen LogP contribution in [0.5, 0.6) is 0 Å². The van der Waals surface area contributed by atoms with Crippen LogP contribution in [0.1, 0.15) is 65.1 Å². The molecule has 0 radical (unpaired) electrons. The lowest BCUT2D eigenvalue weighted by Gasteiger charge is -2.61. The predicted octanol–water partition coefficient (Wildman–Crippen LogP) is 5.63. The molecule has 2 aromatic rings. The predicted molar refractivity (Wildman–Crippen MR) is 150 cm³/mol. The van der Waals surface area contributed by atoms with Crippen molar-refractivity contribution in [1.29, 1.82) is 0 Å². The monoisotopic (exact) mass is 550 g/mol. The lowest BCUT2D eigenvalue weighted by atomic mass is 9.44. The summed E-state index contributed by atoms with van der Waals surface area (Å²) in [6, 6.07) is 10.3. The van der Waals surface area contributed by atoms with Crippen LogP contribution < -0.4 is 0 Å². The average Bonchev–Trinajstić information content (AvgIpc) is 3.38. The van der Waals surface area contributed by atoms with Gasteiger partial charge in [0.1, 0.15) is 5.60 Å². The number of benzene rings is 1. The molecule has 0 saturated heterocycles. The summed E-state index contributed by atoms with van der Waals surface area (Å²) in [5, 5.41) is 16.7. The molecule has 1 heterocycles. The number of halogens is 1. The van der Waals surface area contributed by atoms with Crippen LogP contribution in [0, 0.1) is 40.4 Å². The van der Waals surface area contributed by atoms with E-state index < -0.39 is 29.4 Å². The molecule has 1 unspecified atom stereocenters. The molecule has 3 saturated carbocycles. The summed E-state index contributed by atoms with van der Waals surface area (Å²) >= 11 is 7.38. The first-order valence-electron chi connectivity index (χ1n) is 14.3. The molecule has 9 atom stereocenters. The molecule has 208 valence electrons. The van der Waals surface area contributed by atoms with Crippen LogP contribution in [0.4, 0.5) is 0 Å². The molecule has 1 aromatic carbocycles. The number of alkyl halides is 1. The summed E-state index contributed by atoms with van der Waals surface area (Å²) < 4.78 is 7.11. The summed E-state index contributed by atoms with van der Waals surface area (Å²) in [7, 11) is 0. The van der Waals surface area contributed by atoms with Gasteiger partial charge in [-0.1, -0.05) is 51.5 Å². The van der Waals surface area contributed by atoms with Crippen LogP contribution in [0.2, 0.25) is 0 Å². The van der Waals surface area contributed by atoms with Crippen molar-refractivity contribution in [3.05, 3.63) is 53.4 Å². The van der Waals surface area contributed by atoms with Gasteiger partial charge in [0.2, 0.25) is 5.78 Å². The third-order valence-electron chi connectivity index (χ3n) is 11.1. The lowest BCUT2D eigenvalue weighted by Crippen LogP contribution is -2.63.